The summed E-state index contributed by atoms with van der Waals surface area (Å²) in [5, 5.41) is 0. The third-order valence-corrected chi connectivity index (χ3v) is 3.67. The highest BCUT2D eigenvalue weighted by molar-refractivity contribution is 4.82. The fourth-order valence-electron chi connectivity index (χ4n) is 2.30. The lowest BCUT2D eigenvalue weighted by Crippen LogP contribution is -2.03. The number of terminal acetylenes is 1. The zero-order valence-corrected chi connectivity index (χ0v) is 14.2. The molecule has 0 unspecified atom stereocenters. The Morgan fingerprint density at radius 3 is 1.67 bits per heavy atom. The van der Waals surface area contributed by atoms with E-state index in [1.54, 1.807) is 0 Å². The summed E-state index contributed by atoms with van der Waals surface area (Å²) < 4.78 is 10.9. The minimum absolute atomic E-state index is 0.474. The molecule has 0 atom stereocenters. The van der Waals surface area contributed by atoms with Gasteiger partial charge in [0.2, 0.25) is 0 Å². The van der Waals surface area contributed by atoms with Crippen molar-refractivity contribution < 1.29 is 9.47 Å². The first kappa shape index (κ1) is 20.5. The van der Waals surface area contributed by atoms with E-state index in [-0.39, 0.29) is 0 Å². The van der Waals surface area contributed by atoms with Gasteiger partial charge in [-0.3, -0.25) is 0 Å². The first-order chi connectivity index (χ1) is 10.4. The van der Waals surface area contributed by atoms with Crippen molar-refractivity contribution in [3.8, 4) is 12.3 Å². The van der Waals surface area contributed by atoms with E-state index in [9.17, 15) is 0 Å². The summed E-state index contributed by atoms with van der Waals surface area (Å²) in [4.78, 5) is 0. The summed E-state index contributed by atoms with van der Waals surface area (Å²) in [6.45, 7) is 4.39. The fraction of sp³-hybridized carbons (Fsp3) is 0.895. The van der Waals surface area contributed by atoms with Crippen molar-refractivity contribution in [1.82, 2.24) is 0 Å². The predicted octanol–water partition coefficient (Wildman–Crippen LogP) is 5.70. The van der Waals surface area contributed by atoms with Gasteiger partial charge in [-0.05, 0) is 19.3 Å². The maximum Gasteiger partial charge on any atom is 0.146 e. The Labute approximate surface area is 133 Å². The molecule has 0 spiro atoms. The second-order valence-corrected chi connectivity index (χ2v) is 5.78. The van der Waals surface area contributed by atoms with Crippen molar-refractivity contribution in [3.63, 3.8) is 0 Å². The highest BCUT2D eigenvalue weighted by Gasteiger charge is 1.93. The van der Waals surface area contributed by atoms with Gasteiger partial charge in [-0.1, -0.05) is 64.7 Å². The second-order valence-electron chi connectivity index (χ2n) is 5.78. The minimum Gasteiger partial charge on any atom is -0.355 e. The van der Waals surface area contributed by atoms with Gasteiger partial charge >= 0.3 is 0 Å². The fourth-order valence-corrected chi connectivity index (χ4v) is 2.30. The van der Waals surface area contributed by atoms with Crippen molar-refractivity contribution in [1.29, 1.82) is 0 Å². The van der Waals surface area contributed by atoms with Crippen LogP contribution in [0.3, 0.4) is 0 Å². The monoisotopic (exact) mass is 296 g/mol. The molecular formula is C19H36O2. The standard InChI is InChI=1S/C19H36O2/c1-3-5-7-9-10-11-12-13-14-16-18-21-19-20-17-15-8-6-4-2/h1H,4-19H2,2H3. The van der Waals surface area contributed by atoms with Gasteiger partial charge in [0.05, 0.1) is 0 Å². The van der Waals surface area contributed by atoms with Crippen LogP contribution in [0.15, 0.2) is 0 Å². The SMILES string of the molecule is C#CCCCCCCCCCCOCOCCCCCC. The van der Waals surface area contributed by atoms with Crippen molar-refractivity contribution in [2.24, 2.45) is 0 Å². The topological polar surface area (TPSA) is 18.5 Å². The van der Waals surface area contributed by atoms with E-state index in [0.717, 1.165) is 26.1 Å². The first-order valence-corrected chi connectivity index (χ1v) is 9.00. The molecule has 0 N–H and O–H groups in total. The molecular weight excluding hydrogens is 260 g/mol. The molecule has 2 heteroatoms. The summed E-state index contributed by atoms with van der Waals surface area (Å²) in [6.07, 6.45) is 21.5. The van der Waals surface area contributed by atoms with Crippen LogP contribution in [-0.2, 0) is 9.47 Å². The van der Waals surface area contributed by atoms with Gasteiger partial charge in [-0.15, -0.1) is 12.3 Å². The third-order valence-electron chi connectivity index (χ3n) is 3.67. The normalized spacial score (nSPS) is 10.7. The van der Waals surface area contributed by atoms with Crippen LogP contribution in [0.25, 0.3) is 0 Å². The molecule has 0 saturated heterocycles. The van der Waals surface area contributed by atoms with Gasteiger partial charge in [0.15, 0.2) is 0 Å². The largest absolute Gasteiger partial charge is 0.355 e. The molecule has 21 heavy (non-hydrogen) atoms. The molecule has 0 aromatic carbocycles. The van der Waals surface area contributed by atoms with E-state index in [0.29, 0.717) is 6.79 Å². The van der Waals surface area contributed by atoms with Gasteiger partial charge in [-0.2, -0.15) is 0 Å². The predicted molar refractivity (Wildman–Crippen MR) is 91.3 cm³/mol. The molecule has 124 valence electrons. The van der Waals surface area contributed by atoms with Crippen molar-refractivity contribution in [2.45, 2.75) is 90.4 Å². The van der Waals surface area contributed by atoms with Crippen molar-refractivity contribution >= 4 is 0 Å². The Morgan fingerprint density at radius 2 is 1.14 bits per heavy atom. The van der Waals surface area contributed by atoms with Crippen LogP contribution in [0.2, 0.25) is 0 Å². The molecule has 0 aliphatic rings. The molecule has 0 bridgehead atoms. The summed E-state index contributed by atoms with van der Waals surface area (Å²) in [6, 6.07) is 0. The van der Waals surface area contributed by atoms with Gasteiger partial charge in [-0.25, -0.2) is 0 Å². The number of hydrogen-bond donors (Lipinski definition) is 0. The van der Waals surface area contributed by atoms with Crippen LogP contribution < -0.4 is 0 Å². The average molecular weight is 296 g/mol. The molecule has 0 heterocycles. The highest BCUT2D eigenvalue weighted by atomic mass is 16.7. The van der Waals surface area contributed by atoms with Crippen LogP contribution in [0.1, 0.15) is 90.4 Å². The number of ether oxygens (including phenoxy) is 2. The summed E-state index contributed by atoms with van der Waals surface area (Å²) in [5.74, 6) is 2.70. The molecule has 0 rings (SSSR count). The van der Waals surface area contributed by atoms with E-state index >= 15 is 0 Å². The second kappa shape index (κ2) is 19.5. The van der Waals surface area contributed by atoms with Crippen molar-refractivity contribution in [2.75, 3.05) is 20.0 Å². The van der Waals surface area contributed by atoms with E-state index in [1.807, 2.05) is 0 Å². The Hall–Kier alpha value is -0.520. The van der Waals surface area contributed by atoms with Crippen LogP contribution >= 0.6 is 0 Å². The zero-order valence-electron chi connectivity index (χ0n) is 14.2. The highest BCUT2D eigenvalue weighted by Crippen LogP contribution is 2.09. The lowest BCUT2D eigenvalue weighted by atomic mass is 10.1. The lowest BCUT2D eigenvalue weighted by Gasteiger charge is -2.06. The molecule has 0 radical (unpaired) electrons. The van der Waals surface area contributed by atoms with E-state index in [1.165, 1.54) is 70.6 Å². The number of rotatable bonds is 17. The average Bonchev–Trinajstić information content (AvgIpc) is 2.50. The minimum atomic E-state index is 0.474. The van der Waals surface area contributed by atoms with Gasteiger partial charge in [0.25, 0.3) is 0 Å². The quantitative estimate of drug-likeness (QED) is 0.195. The maximum absolute atomic E-state index is 5.47. The molecule has 0 aromatic rings. The maximum atomic E-state index is 5.47. The summed E-state index contributed by atoms with van der Waals surface area (Å²) in [7, 11) is 0. The Kier molecular flexibility index (Phi) is 19.0. The molecule has 0 fully saturated rings. The van der Waals surface area contributed by atoms with Crippen LogP contribution in [-0.4, -0.2) is 20.0 Å². The van der Waals surface area contributed by atoms with Crippen LogP contribution in [0, 0.1) is 12.3 Å². The molecule has 0 aliphatic heterocycles. The Balaban J connectivity index is 2.92. The molecule has 2 nitrogen and oxygen atoms in total. The first-order valence-electron chi connectivity index (χ1n) is 9.00. The van der Waals surface area contributed by atoms with E-state index < -0.39 is 0 Å². The van der Waals surface area contributed by atoms with Gasteiger partial charge in [0, 0.05) is 19.6 Å². The van der Waals surface area contributed by atoms with Gasteiger partial charge in [0.1, 0.15) is 6.79 Å². The van der Waals surface area contributed by atoms with E-state index in [2.05, 4.69) is 12.8 Å². The van der Waals surface area contributed by atoms with E-state index in [4.69, 9.17) is 15.9 Å². The van der Waals surface area contributed by atoms with Crippen molar-refractivity contribution in [3.05, 3.63) is 0 Å². The van der Waals surface area contributed by atoms with Crippen LogP contribution in [0.5, 0.6) is 0 Å². The Morgan fingerprint density at radius 1 is 0.667 bits per heavy atom. The molecule has 0 aromatic heterocycles. The Bertz CT molecular complexity index is 220. The summed E-state index contributed by atoms with van der Waals surface area (Å²) in [5.41, 5.74) is 0. The molecule has 0 saturated carbocycles. The lowest BCUT2D eigenvalue weighted by molar-refractivity contribution is -0.0555. The van der Waals surface area contributed by atoms with Gasteiger partial charge < -0.3 is 9.47 Å². The summed E-state index contributed by atoms with van der Waals surface area (Å²) >= 11 is 0. The number of hydrogen-bond acceptors (Lipinski definition) is 2. The smallest absolute Gasteiger partial charge is 0.146 e. The zero-order chi connectivity index (χ0) is 15.4. The third kappa shape index (κ3) is 19.5. The molecule has 0 amide bonds. The number of unbranched alkanes of at least 4 members (excludes halogenated alkanes) is 11. The van der Waals surface area contributed by atoms with Crippen LogP contribution in [0.4, 0.5) is 0 Å². The molecule has 0 aliphatic carbocycles.